The van der Waals surface area contributed by atoms with Gasteiger partial charge in [0, 0.05) is 24.3 Å². The predicted octanol–water partition coefficient (Wildman–Crippen LogP) is 0.527. The molecule has 0 bridgehead atoms. The maximum atomic E-state index is 12.6. The van der Waals surface area contributed by atoms with E-state index >= 15 is 0 Å². The van der Waals surface area contributed by atoms with E-state index in [-0.39, 0.29) is 5.91 Å². The van der Waals surface area contributed by atoms with Gasteiger partial charge in [0.2, 0.25) is 5.95 Å². The second kappa shape index (κ2) is 8.09. The van der Waals surface area contributed by atoms with Crippen LogP contribution in [0.15, 0.2) is 36.7 Å². The van der Waals surface area contributed by atoms with Gasteiger partial charge in [0.1, 0.15) is 6.33 Å². The zero-order chi connectivity index (χ0) is 19.3. The smallest absolute Gasteiger partial charge is 0.251 e. The van der Waals surface area contributed by atoms with Gasteiger partial charge in [0.25, 0.3) is 5.91 Å². The third kappa shape index (κ3) is 4.12. The number of hydrogen-bond acceptors (Lipinski definition) is 8. The number of morpholine rings is 1. The largest absolute Gasteiger partial charge is 0.378 e. The second-order valence-electron chi connectivity index (χ2n) is 6.39. The zero-order valence-electron chi connectivity index (χ0n) is 15.4. The second-order valence-corrected chi connectivity index (χ2v) is 6.39. The molecule has 2 aromatic heterocycles. The number of aryl methyl sites for hydroxylation is 1. The summed E-state index contributed by atoms with van der Waals surface area (Å²) in [5, 5.41) is 14.0. The molecule has 3 heterocycles. The van der Waals surface area contributed by atoms with Gasteiger partial charge in [-0.1, -0.05) is 6.07 Å². The number of benzene rings is 1. The summed E-state index contributed by atoms with van der Waals surface area (Å²) in [5.74, 6) is 0.479. The van der Waals surface area contributed by atoms with E-state index in [1.165, 1.54) is 11.0 Å². The summed E-state index contributed by atoms with van der Waals surface area (Å²) in [6.07, 6.45) is 1.48. The number of tetrazole rings is 1. The average Bonchev–Trinajstić information content (AvgIpc) is 3.27. The van der Waals surface area contributed by atoms with Crippen LogP contribution in [0.2, 0.25) is 0 Å². The molecule has 0 spiro atoms. The minimum atomic E-state index is -0.195. The lowest BCUT2D eigenvalue weighted by Crippen LogP contribution is -2.37. The Hall–Kier alpha value is -3.40. The Morgan fingerprint density at radius 1 is 1.21 bits per heavy atom. The molecule has 1 aliphatic heterocycles. The molecule has 0 saturated carbocycles. The van der Waals surface area contributed by atoms with Crippen LogP contribution < -0.4 is 10.2 Å². The molecule has 0 unspecified atom stereocenters. The van der Waals surface area contributed by atoms with Crippen LogP contribution >= 0.6 is 0 Å². The fourth-order valence-corrected chi connectivity index (χ4v) is 2.95. The van der Waals surface area contributed by atoms with Crippen LogP contribution in [0.4, 0.5) is 5.95 Å². The molecule has 10 heteroatoms. The van der Waals surface area contributed by atoms with E-state index in [4.69, 9.17) is 4.74 Å². The monoisotopic (exact) mass is 380 g/mol. The summed E-state index contributed by atoms with van der Waals surface area (Å²) in [6.45, 7) is 5.10. The number of carbonyl (C=O) groups is 1. The van der Waals surface area contributed by atoms with Gasteiger partial charge in [0.05, 0.1) is 31.1 Å². The molecule has 28 heavy (non-hydrogen) atoms. The van der Waals surface area contributed by atoms with Gasteiger partial charge < -0.3 is 15.0 Å². The zero-order valence-corrected chi connectivity index (χ0v) is 15.4. The van der Waals surface area contributed by atoms with Gasteiger partial charge in [-0.2, -0.15) is 0 Å². The van der Waals surface area contributed by atoms with Crippen molar-refractivity contribution in [3.63, 3.8) is 0 Å². The molecule has 1 aliphatic rings. The summed E-state index contributed by atoms with van der Waals surface area (Å²) in [6, 6.07) is 8.97. The van der Waals surface area contributed by atoms with E-state index in [9.17, 15) is 4.79 Å². The number of nitrogens with zero attached hydrogens (tertiary/aromatic N) is 7. The van der Waals surface area contributed by atoms with Crippen molar-refractivity contribution < 1.29 is 9.53 Å². The van der Waals surface area contributed by atoms with Crippen LogP contribution in [0.5, 0.6) is 0 Å². The molecule has 1 aromatic carbocycles. The van der Waals surface area contributed by atoms with Crippen molar-refractivity contribution in [3.8, 4) is 5.69 Å². The highest BCUT2D eigenvalue weighted by atomic mass is 16.5. The number of amides is 1. The van der Waals surface area contributed by atoms with E-state index in [1.807, 2.05) is 19.1 Å². The molecule has 1 N–H and O–H groups in total. The van der Waals surface area contributed by atoms with Gasteiger partial charge in [-0.15, -0.1) is 5.10 Å². The number of rotatable bonds is 5. The number of nitrogens with one attached hydrogen (secondary N) is 1. The third-order valence-electron chi connectivity index (χ3n) is 4.34. The molecule has 1 amide bonds. The molecular weight excluding hydrogens is 360 g/mol. The molecule has 3 aromatic rings. The molecule has 0 aliphatic carbocycles. The van der Waals surface area contributed by atoms with E-state index in [2.05, 4.69) is 35.7 Å². The van der Waals surface area contributed by atoms with Gasteiger partial charge in [0.15, 0.2) is 0 Å². The van der Waals surface area contributed by atoms with Crippen LogP contribution in [0.1, 0.15) is 21.7 Å². The predicted molar refractivity (Wildman–Crippen MR) is 100 cm³/mol. The maximum absolute atomic E-state index is 12.6. The van der Waals surface area contributed by atoms with Crippen molar-refractivity contribution in [1.82, 2.24) is 35.5 Å². The molecular formula is C18H20N8O2. The maximum Gasteiger partial charge on any atom is 0.251 e. The number of aromatic nitrogens is 6. The Morgan fingerprint density at radius 2 is 2.07 bits per heavy atom. The van der Waals surface area contributed by atoms with E-state index in [0.717, 1.165) is 24.5 Å². The Kier molecular flexibility index (Phi) is 5.20. The summed E-state index contributed by atoms with van der Waals surface area (Å²) in [4.78, 5) is 23.8. The molecule has 0 radical (unpaired) electrons. The lowest BCUT2D eigenvalue weighted by atomic mass is 10.2. The fraction of sp³-hybridized carbons (Fsp3) is 0.333. The number of ether oxygens (including phenoxy) is 1. The summed E-state index contributed by atoms with van der Waals surface area (Å²) < 4.78 is 6.88. The van der Waals surface area contributed by atoms with Crippen LogP contribution in [0.25, 0.3) is 5.69 Å². The highest BCUT2D eigenvalue weighted by Crippen LogP contribution is 2.13. The Labute approximate surface area is 161 Å². The molecule has 1 fully saturated rings. The minimum absolute atomic E-state index is 0.195. The summed E-state index contributed by atoms with van der Waals surface area (Å²) in [5.41, 5.74) is 2.86. The molecule has 4 rings (SSSR count). The first-order valence-corrected chi connectivity index (χ1v) is 8.98. The van der Waals surface area contributed by atoms with Crippen LogP contribution in [0, 0.1) is 6.92 Å². The Balaban J connectivity index is 1.45. The lowest BCUT2D eigenvalue weighted by molar-refractivity contribution is 0.0950. The van der Waals surface area contributed by atoms with Gasteiger partial charge in [-0.25, -0.2) is 14.6 Å². The lowest BCUT2D eigenvalue weighted by Gasteiger charge is -2.27. The standard InChI is InChI=1S/C18H20N8O2/c1-13-9-15(22-18(21-13)25-5-7-28-8-6-25)11-19-17(27)14-3-2-4-16(10-14)26-12-20-23-24-26/h2-4,9-10,12H,5-8,11H2,1H3,(H,19,27). The highest BCUT2D eigenvalue weighted by Gasteiger charge is 2.15. The molecule has 0 atom stereocenters. The number of hydrogen-bond donors (Lipinski definition) is 1. The van der Waals surface area contributed by atoms with Crippen molar-refractivity contribution in [2.75, 3.05) is 31.2 Å². The molecule has 1 saturated heterocycles. The van der Waals surface area contributed by atoms with E-state index in [0.29, 0.717) is 37.0 Å². The van der Waals surface area contributed by atoms with Crippen LogP contribution in [0.3, 0.4) is 0 Å². The first kappa shape index (κ1) is 18.0. The molecule has 10 nitrogen and oxygen atoms in total. The fourth-order valence-electron chi connectivity index (χ4n) is 2.95. The van der Waals surface area contributed by atoms with Crippen LogP contribution in [-0.2, 0) is 11.3 Å². The quantitative estimate of drug-likeness (QED) is 0.682. The topological polar surface area (TPSA) is 111 Å². The van der Waals surface area contributed by atoms with Gasteiger partial charge in [-0.3, -0.25) is 4.79 Å². The van der Waals surface area contributed by atoms with E-state index < -0.39 is 0 Å². The first-order valence-electron chi connectivity index (χ1n) is 8.98. The van der Waals surface area contributed by atoms with Crippen molar-refractivity contribution in [2.24, 2.45) is 0 Å². The molecule has 144 valence electrons. The summed E-state index contributed by atoms with van der Waals surface area (Å²) >= 11 is 0. The summed E-state index contributed by atoms with van der Waals surface area (Å²) in [7, 11) is 0. The van der Waals surface area contributed by atoms with Crippen molar-refractivity contribution >= 4 is 11.9 Å². The third-order valence-corrected chi connectivity index (χ3v) is 4.34. The van der Waals surface area contributed by atoms with Crippen molar-refractivity contribution in [1.29, 1.82) is 0 Å². The highest BCUT2D eigenvalue weighted by molar-refractivity contribution is 5.94. The number of carbonyl (C=O) groups excluding carboxylic acids is 1. The minimum Gasteiger partial charge on any atom is -0.378 e. The Morgan fingerprint density at radius 3 is 2.86 bits per heavy atom. The van der Waals surface area contributed by atoms with Gasteiger partial charge >= 0.3 is 0 Å². The van der Waals surface area contributed by atoms with E-state index in [1.54, 1.807) is 18.2 Å². The average molecular weight is 380 g/mol. The Bertz CT molecular complexity index is 954. The van der Waals surface area contributed by atoms with Crippen molar-refractivity contribution in [3.05, 3.63) is 53.6 Å². The van der Waals surface area contributed by atoms with Crippen LogP contribution in [-0.4, -0.2) is 62.4 Å². The number of anilines is 1. The van der Waals surface area contributed by atoms with Gasteiger partial charge in [-0.05, 0) is 41.6 Å². The SMILES string of the molecule is Cc1cc(CNC(=O)c2cccc(-n3cnnn3)c2)nc(N2CCOCC2)n1. The normalized spacial score (nSPS) is 14.1. The van der Waals surface area contributed by atoms with Crippen molar-refractivity contribution in [2.45, 2.75) is 13.5 Å². The first-order chi connectivity index (χ1) is 13.7.